The molecule has 130 valence electrons. The van der Waals surface area contributed by atoms with E-state index in [-0.39, 0.29) is 11.4 Å². The number of nitrogens with zero attached hydrogens (tertiary/aromatic N) is 3. The summed E-state index contributed by atoms with van der Waals surface area (Å²) >= 11 is 7.29. The van der Waals surface area contributed by atoms with Gasteiger partial charge in [-0.2, -0.15) is 5.10 Å². The van der Waals surface area contributed by atoms with E-state index < -0.39 is 0 Å². The van der Waals surface area contributed by atoms with Gasteiger partial charge < -0.3 is 4.98 Å². The summed E-state index contributed by atoms with van der Waals surface area (Å²) in [7, 11) is 0. The van der Waals surface area contributed by atoms with Crippen molar-refractivity contribution >= 4 is 34.4 Å². The molecule has 0 aliphatic carbocycles. The zero-order valence-electron chi connectivity index (χ0n) is 13.3. The Labute approximate surface area is 156 Å². The van der Waals surface area contributed by atoms with Crippen LogP contribution in [0.2, 0.25) is 5.02 Å². The Hall–Kier alpha value is -2.64. The molecule has 0 unspecified atom stereocenters. The second-order valence-corrected chi connectivity index (χ2v) is 6.93. The maximum Gasteiger partial charge on any atom is 0.262 e. The summed E-state index contributed by atoms with van der Waals surface area (Å²) < 4.78 is 15.3. The zero-order valence-corrected chi connectivity index (χ0v) is 14.9. The van der Waals surface area contributed by atoms with Crippen LogP contribution in [0.15, 0.2) is 64.7 Å². The van der Waals surface area contributed by atoms with Crippen molar-refractivity contribution in [2.75, 3.05) is 0 Å². The number of nitrogens with one attached hydrogen (secondary N) is 1. The molecule has 0 radical (unpaired) electrons. The van der Waals surface area contributed by atoms with Gasteiger partial charge in [0, 0.05) is 10.8 Å². The molecule has 2 heterocycles. The summed E-state index contributed by atoms with van der Waals surface area (Å²) in [5, 5.41) is 5.58. The molecule has 0 saturated heterocycles. The van der Waals surface area contributed by atoms with E-state index in [4.69, 9.17) is 11.6 Å². The van der Waals surface area contributed by atoms with E-state index in [1.807, 2.05) is 6.07 Å². The molecule has 0 spiro atoms. The van der Waals surface area contributed by atoms with Gasteiger partial charge in [-0.05, 0) is 29.8 Å². The van der Waals surface area contributed by atoms with Gasteiger partial charge in [-0.25, -0.2) is 14.1 Å². The van der Waals surface area contributed by atoms with Crippen molar-refractivity contribution in [3.8, 4) is 5.69 Å². The minimum absolute atomic E-state index is 0.285. The largest absolute Gasteiger partial charge is 0.301 e. The zero-order chi connectivity index (χ0) is 18.1. The highest BCUT2D eigenvalue weighted by molar-refractivity contribution is 7.98. The maximum atomic E-state index is 13.8. The van der Waals surface area contributed by atoms with Crippen LogP contribution in [0.5, 0.6) is 0 Å². The van der Waals surface area contributed by atoms with Crippen LogP contribution in [0.3, 0.4) is 0 Å². The van der Waals surface area contributed by atoms with Crippen molar-refractivity contribution < 1.29 is 4.39 Å². The highest BCUT2D eigenvalue weighted by Crippen LogP contribution is 2.23. The van der Waals surface area contributed by atoms with Crippen molar-refractivity contribution in [3.63, 3.8) is 0 Å². The van der Waals surface area contributed by atoms with E-state index in [1.165, 1.54) is 24.0 Å². The first-order chi connectivity index (χ1) is 12.6. The Morgan fingerprint density at radius 1 is 1.19 bits per heavy atom. The van der Waals surface area contributed by atoms with Crippen LogP contribution >= 0.6 is 23.4 Å². The second-order valence-electron chi connectivity index (χ2n) is 5.52. The van der Waals surface area contributed by atoms with E-state index in [0.29, 0.717) is 38.2 Å². The standard InChI is InChI=1S/C18H12ClFN4OS/c19-12-5-3-6-13(8-12)24-16-14(9-21-24)17(25)23-18(22-16)26-10-11-4-1-2-7-15(11)20/h1-9H,10H2,(H,22,23,25). The summed E-state index contributed by atoms with van der Waals surface area (Å²) in [6.07, 6.45) is 1.47. The molecule has 2 aromatic heterocycles. The Morgan fingerprint density at radius 3 is 2.85 bits per heavy atom. The average Bonchev–Trinajstić information content (AvgIpc) is 3.06. The topological polar surface area (TPSA) is 63.6 Å². The third kappa shape index (κ3) is 3.23. The number of aromatic amines is 1. The normalized spacial score (nSPS) is 11.2. The van der Waals surface area contributed by atoms with Crippen molar-refractivity contribution in [3.05, 3.63) is 81.5 Å². The SMILES string of the molecule is O=c1[nH]c(SCc2ccccc2F)nc2c1cnn2-c1cccc(Cl)c1. The van der Waals surface area contributed by atoms with Crippen LogP contribution in [0.25, 0.3) is 16.7 Å². The molecule has 8 heteroatoms. The van der Waals surface area contributed by atoms with Gasteiger partial charge in [-0.3, -0.25) is 4.79 Å². The fraction of sp³-hybridized carbons (Fsp3) is 0.0556. The van der Waals surface area contributed by atoms with Gasteiger partial charge in [0.1, 0.15) is 11.2 Å². The third-order valence-corrected chi connectivity index (χ3v) is 4.95. The lowest BCUT2D eigenvalue weighted by Gasteiger charge is -2.05. The smallest absolute Gasteiger partial charge is 0.262 e. The van der Waals surface area contributed by atoms with E-state index in [9.17, 15) is 9.18 Å². The molecule has 0 atom stereocenters. The van der Waals surface area contributed by atoms with Crippen LogP contribution < -0.4 is 5.56 Å². The Morgan fingerprint density at radius 2 is 2.04 bits per heavy atom. The van der Waals surface area contributed by atoms with Gasteiger partial charge >= 0.3 is 0 Å². The lowest BCUT2D eigenvalue weighted by molar-refractivity contribution is 0.617. The molecular formula is C18H12ClFN4OS. The Kier molecular flexibility index (Phi) is 4.48. The number of benzene rings is 2. The molecular weight excluding hydrogens is 375 g/mol. The number of hydrogen-bond donors (Lipinski definition) is 1. The molecule has 5 nitrogen and oxygen atoms in total. The fourth-order valence-electron chi connectivity index (χ4n) is 2.53. The van der Waals surface area contributed by atoms with Crippen LogP contribution in [0, 0.1) is 5.82 Å². The van der Waals surface area contributed by atoms with E-state index in [0.717, 1.165) is 0 Å². The van der Waals surface area contributed by atoms with Gasteiger partial charge in [0.15, 0.2) is 10.8 Å². The quantitative estimate of drug-likeness (QED) is 0.422. The first-order valence-electron chi connectivity index (χ1n) is 7.72. The predicted octanol–water partition coefficient (Wildman–Crippen LogP) is 4.19. The number of halogens is 2. The van der Waals surface area contributed by atoms with Gasteiger partial charge in [0.05, 0.1) is 11.9 Å². The van der Waals surface area contributed by atoms with Crippen LogP contribution in [0.1, 0.15) is 5.56 Å². The predicted molar refractivity (Wildman–Crippen MR) is 100 cm³/mol. The molecule has 26 heavy (non-hydrogen) atoms. The lowest BCUT2D eigenvalue weighted by Crippen LogP contribution is -2.09. The Bertz CT molecular complexity index is 1160. The summed E-state index contributed by atoms with van der Waals surface area (Å²) in [4.78, 5) is 19.5. The maximum absolute atomic E-state index is 13.8. The van der Waals surface area contributed by atoms with Crippen LogP contribution in [0.4, 0.5) is 4.39 Å². The number of thioether (sulfide) groups is 1. The monoisotopic (exact) mass is 386 g/mol. The number of fused-ring (bicyclic) bond motifs is 1. The van der Waals surface area contributed by atoms with Crippen molar-refractivity contribution in [2.45, 2.75) is 10.9 Å². The van der Waals surface area contributed by atoms with Gasteiger partial charge in [-0.1, -0.05) is 47.6 Å². The fourth-order valence-corrected chi connectivity index (χ4v) is 3.55. The summed E-state index contributed by atoms with van der Waals surface area (Å²) in [5.41, 5.74) is 1.38. The Balaban J connectivity index is 1.72. The summed E-state index contributed by atoms with van der Waals surface area (Å²) in [6.45, 7) is 0. The number of H-pyrrole nitrogens is 1. The first kappa shape index (κ1) is 16.8. The van der Waals surface area contributed by atoms with E-state index in [2.05, 4.69) is 15.1 Å². The second kappa shape index (κ2) is 6.93. The average molecular weight is 387 g/mol. The molecule has 0 saturated carbocycles. The molecule has 4 aromatic rings. The molecule has 0 aliphatic rings. The number of hydrogen-bond acceptors (Lipinski definition) is 4. The summed E-state index contributed by atoms with van der Waals surface area (Å²) in [5.74, 6) is 0.0688. The van der Waals surface area contributed by atoms with Gasteiger partial charge in [0.2, 0.25) is 0 Å². The van der Waals surface area contributed by atoms with Crippen molar-refractivity contribution in [2.24, 2.45) is 0 Å². The highest BCUT2D eigenvalue weighted by Gasteiger charge is 2.12. The molecule has 0 fully saturated rings. The first-order valence-corrected chi connectivity index (χ1v) is 9.08. The number of aromatic nitrogens is 4. The molecule has 1 N–H and O–H groups in total. The molecule has 0 amide bonds. The lowest BCUT2D eigenvalue weighted by atomic mass is 10.2. The highest BCUT2D eigenvalue weighted by atomic mass is 35.5. The van der Waals surface area contributed by atoms with Crippen LogP contribution in [-0.4, -0.2) is 19.7 Å². The minimum atomic E-state index is -0.292. The van der Waals surface area contributed by atoms with Crippen molar-refractivity contribution in [1.29, 1.82) is 0 Å². The van der Waals surface area contributed by atoms with Crippen molar-refractivity contribution in [1.82, 2.24) is 19.7 Å². The molecule has 0 bridgehead atoms. The number of rotatable bonds is 4. The molecule has 2 aromatic carbocycles. The van der Waals surface area contributed by atoms with Gasteiger partial charge in [0.25, 0.3) is 5.56 Å². The third-order valence-electron chi connectivity index (χ3n) is 3.79. The minimum Gasteiger partial charge on any atom is -0.301 e. The van der Waals surface area contributed by atoms with E-state index >= 15 is 0 Å². The summed E-state index contributed by atoms with van der Waals surface area (Å²) in [6, 6.07) is 13.6. The van der Waals surface area contributed by atoms with E-state index in [1.54, 1.807) is 41.1 Å². The molecule has 4 rings (SSSR count). The van der Waals surface area contributed by atoms with Gasteiger partial charge in [-0.15, -0.1) is 0 Å². The van der Waals surface area contributed by atoms with Crippen LogP contribution in [-0.2, 0) is 5.75 Å². The molecule has 0 aliphatic heterocycles.